The smallest absolute Gasteiger partial charge is 0.408 e. The van der Waals surface area contributed by atoms with Crippen molar-refractivity contribution in [2.24, 2.45) is 5.92 Å². The summed E-state index contributed by atoms with van der Waals surface area (Å²) in [7, 11) is 2.00. The number of oxazole rings is 1. The Kier molecular flexibility index (Phi) is 4.44. The Labute approximate surface area is 124 Å². The third-order valence-corrected chi connectivity index (χ3v) is 4.78. The van der Waals surface area contributed by atoms with Gasteiger partial charge in [-0.2, -0.15) is 0 Å². The lowest BCUT2D eigenvalue weighted by Gasteiger charge is -2.24. The molecule has 1 unspecified atom stereocenters. The van der Waals surface area contributed by atoms with Crippen LogP contribution >= 0.6 is 0 Å². The zero-order valence-corrected chi connectivity index (χ0v) is 12.7. The van der Waals surface area contributed by atoms with Gasteiger partial charge < -0.3 is 9.73 Å². The maximum Gasteiger partial charge on any atom is 0.417 e. The Morgan fingerprint density at radius 1 is 1.33 bits per heavy atom. The van der Waals surface area contributed by atoms with E-state index in [0.717, 1.165) is 17.9 Å². The number of H-pyrrole nitrogens is 1. The van der Waals surface area contributed by atoms with Gasteiger partial charge in [-0.1, -0.05) is 38.2 Å². The molecule has 0 aliphatic heterocycles. The van der Waals surface area contributed by atoms with E-state index in [1.54, 1.807) is 0 Å². The Morgan fingerprint density at radius 3 is 2.90 bits per heavy atom. The summed E-state index contributed by atoms with van der Waals surface area (Å²) in [5, 5.41) is 3.40. The minimum atomic E-state index is -0.384. The van der Waals surface area contributed by atoms with Crippen molar-refractivity contribution in [2.45, 2.75) is 51.0 Å². The minimum absolute atomic E-state index is 0.330. The molecular formula is C17H24N2O2. The molecular weight excluding hydrogens is 264 g/mol. The summed E-state index contributed by atoms with van der Waals surface area (Å²) < 4.78 is 5.16. The molecule has 4 heteroatoms. The van der Waals surface area contributed by atoms with Gasteiger partial charge >= 0.3 is 5.76 Å². The van der Waals surface area contributed by atoms with Gasteiger partial charge in [0.05, 0.1) is 5.52 Å². The van der Waals surface area contributed by atoms with Crippen molar-refractivity contribution in [3.63, 3.8) is 0 Å². The van der Waals surface area contributed by atoms with Gasteiger partial charge in [0.25, 0.3) is 0 Å². The summed E-state index contributed by atoms with van der Waals surface area (Å²) in [4.78, 5) is 13.9. The number of hydrogen-bond donors (Lipinski definition) is 2. The van der Waals surface area contributed by atoms with Gasteiger partial charge in [-0.3, -0.25) is 4.98 Å². The van der Waals surface area contributed by atoms with Crippen LogP contribution in [0.2, 0.25) is 0 Å². The highest BCUT2D eigenvalue weighted by Gasteiger charge is 2.17. The number of rotatable bonds is 5. The van der Waals surface area contributed by atoms with Crippen molar-refractivity contribution in [3.8, 4) is 0 Å². The van der Waals surface area contributed by atoms with Crippen molar-refractivity contribution in [3.05, 3.63) is 34.3 Å². The fourth-order valence-electron chi connectivity index (χ4n) is 3.53. The summed E-state index contributed by atoms with van der Waals surface area (Å²) >= 11 is 0. The van der Waals surface area contributed by atoms with Crippen LogP contribution in [0.1, 0.15) is 56.6 Å². The lowest BCUT2D eigenvalue weighted by atomic mass is 9.84. The molecule has 114 valence electrons. The Morgan fingerprint density at radius 2 is 2.14 bits per heavy atom. The van der Waals surface area contributed by atoms with Crippen molar-refractivity contribution in [1.29, 1.82) is 0 Å². The second kappa shape index (κ2) is 6.48. The van der Waals surface area contributed by atoms with E-state index in [2.05, 4.69) is 16.4 Å². The number of hydrogen-bond acceptors (Lipinski definition) is 3. The van der Waals surface area contributed by atoms with Crippen LogP contribution in [0.5, 0.6) is 0 Å². The molecule has 21 heavy (non-hydrogen) atoms. The van der Waals surface area contributed by atoms with Crippen molar-refractivity contribution >= 4 is 11.1 Å². The van der Waals surface area contributed by atoms with Gasteiger partial charge in [0.15, 0.2) is 5.58 Å². The Hall–Kier alpha value is -1.55. The summed E-state index contributed by atoms with van der Waals surface area (Å²) in [5.41, 5.74) is 2.62. The molecule has 1 fully saturated rings. The van der Waals surface area contributed by atoms with Gasteiger partial charge in [-0.15, -0.1) is 0 Å². The van der Waals surface area contributed by atoms with Gasteiger partial charge in [0.2, 0.25) is 0 Å². The highest BCUT2D eigenvalue weighted by Crippen LogP contribution is 2.30. The molecule has 2 aromatic rings. The number of benzene rings is 1. The fourth-order valence-corrected chi connectivity index (χ4v) is 3.53. The van der Waals surface area contributed by atoms with Crippen molar-refractivity contribution in [1.82, 2.24) is 10.3 Å². The lowest BCUT2D eigenvalue weighted by molar-refractivity contribution is 0.317. The topological polar surface area (TPSA) is 58.0 Å². The zero-order valence-electron chi connectivity index (χ0n) is 12.7. The van der Waals surface area contributed by atoms with Crippen LogP contribution in [-0.4, -0.2) is 12.0 Å². The van der Waals surface area contributed by atoms with E-state index in [0.29, 0.717) is 11.6 Å². The first-order valence-electron chi connectivity index (χ1n) is 8.06. The number of nitrogens with one attached hydrogen (secondary N) is 2. The predicted octanol–water partition coefficient (Wildman–Crippen LogP) is 3.74. The summed E-state index contributed by atoms with van der Waals surface area (Å²) in [6, 6.07) is 6.32. The zero-order chi connectivity index (χ0) is 14.7. The maximum atomic E-state index is 11.2. The molecule has 0 saturated heterocycles. The van der Waals surface area contributed by atoms with E-state index in [4.69, 9.17) is 4.42 Å². The van der Waals surface area contributed by atoms with Crippen LogP contribution in [-0.2, 0) is 0 Å². The van der Waals surface area contributed by atoms with E-state index in [1.807, 2.05) is 19.2 Å². The quantitative estimate of drug-likeness (QED) is 0.881. The van der Waals surface area contributed by atoms with Crippen molar-refractivity contribution in [2.75, 3.05) is 7.05 Å². The van der Waals surface area contributed by atoms with E-state index in [-0.39, 0.29) is 5.76 Å². The highest BCUT2D eigenvalue weighted by molar-refractivity contribution is 5.72. The fraction of sp³-hybridized carbons (Fsp3) is 0.588. The molecule has 0 spiro atoms. The molecule has 1 aliphatic carbocycles. The van der Waals surface area contributed by atoms with Crippen LogP contribution < -0.4 is 11.1 Å². The van der Waals surface area contributed by atoms with Gasteiger partial charge in [0.1, 0.15) is 0 Å². The monoisotopic (exact) mass is 288 g/mol. The molecule has 1 aromatic carbocycles. The highest BCUT2D eigenvalue weighted by atomic mass is 16.4. The average Bonchev–Trinajstić information content (AvgIpc) is 2.88. The molecule has 4 nitrogen and oxygen atoms in total. The molecule has 1 heterocycles. The summed E-state index contributed by atoms with van der Waals surface area (Å²) in [6.45, 7) is 0. The van der Waals surface area contributed by atoms with Crippen molar-refractivity contribution < 1.29 is 4.42 Å². The van der Waals surface area contributed by atoms with Crippen LogP contribution in [0.4, 0.5) is 0 Å². The number of aromatic nitrogens is 1. The standard InChI is InChI=1S/C17H24N2O2/c1-18-14(9-7-12-5-3-2-4-6-12)13-8-10-15-16(11-13)21-17(20)19-15/h8,10-12,14,18H,2-7,9H2,1H3,(H,19,20). The largest absolute Gasteiger partial charge is 0.417 e. The minimum Gasteiger partial charge on any atom is -0.408 e. The third kappa shape index (κ3) is 3.38. The van der Waals surface area contributed by atoms with Crippen LogP contribution in [0.3, 0.4) is 0 Å². The maximum absolute atomic E-state index is 11.2. The predicted molar refractivity (Wildman–Crippen MR) is 84.4 cm³/mol. The molecule has 0 radical (unpaired) electrons. The molecule has 1 atom stereocenters. The number of aromatic amines is 1. The molecule has 1 saturated carbocycles. The first kappa shape index (κ1) is 14.4. The molecule has 0 amide bonds. The first-order valence-corrected chi connectivity index (χ1v) is 8.06. The molecule has 1 aromatic heterocycles. The van der Waals surface area contributed by atoms with Gasteiger partial charge in [-0.05, 0) is 43.5 Å². The average molecular weight is 288 g/mol. The van der Waals surface area contributed by atoms with Crippen LogP contribution in [0.25, 0.3) is 11.1 Å². The summed E-state index contributed by atoms with van der Waals surface area (Å²) in [6.07, 6.45) is 9.41. The summed E-state index contributed by atoms with van der Waals surface area (Å²) in [5.74, 6) is 0.508. The van der Waals surface area contributed by atoms with E-state index >= 15 is 0 Å². The SMILES string of the molecule is CNC(CCC1CCCCC1)c1ccc2[nH]c(=O)oc2c1. The van der Waals surface area contributed by atoms with E-state index in [9.17, 15) is 4.79 Å². The van der Waals surface area contributed by atoms with E-state index in [1.165, 1.54) is 44.1 Å². The third-order valence-electron chi connectivity index (χ3n) is 4.78. The Balaban J connectivity index is 1.69. The molecule has 3 rings (SSSR count). The Bertz CT molecular complexity index is 638. The van der Waals surface area contributed by atoms with Gasteiger partial charge in [-0.25, -0.2) is 4.79 Å². The second-order valence-corrected chi connectivity index (χ2v) is 6.19. The first-order chi connectivity index (χ1) is 10.3. The van der Waals surface area contributed by atoms with Crippen LogP contribution in [0, 0.1) is 5.92 Å². The normalized spacial score (nSPS) is 18.1. The molecule has 2 N–H and O–H groups in total. The lowest BCUT2D eigenvalue weighted by Crippen LogP contribution is -2.18. The number of fused-ring (bicyclic) bond motifs is 1. The van der Waals surface area contributed by atoms with Crippen LogP contribution in [0.15, 0.2) is 27.4 Å². The molecule has 0 bridgehead atoms. The van der Waals surface area contributed by atoms with Gasteiger partial charge in [0, 0.05) is 6.04 Å². The van der Waals surface area contributed by atoms with E-state index < -0.39 is 0 Å². The molecule has 1 aliphatic rings. The second-order valence-electron chi connectivity index (χ2n) is 6.19.